The zero-order valence-corrected chi connectivity index (χ0v) is 28.1. The molecule has 16 heavy (non-hydrogen) atoms. The molecule has 1 saturated heterocycles. The summed E-state index contributed by atoms with van der Waals surface area (Å²) in [7, 11) is 0. The van der Waals surface area contributed by atoms with Crippen LogP contribution in [0.1, 0.15) is 13.3 Å². The van der Waals surface area contributed by atoms with E-state index in [0.29, 0.717) is 6.42 Å². The van der Waals surface area contributed by atoms with Crippen LogP contribution < -0.4 is 0 Å². The fraction of sp³-hybridized carbons (Fsp3) is 1.00. The van der Waals surface area contributed by atoms with Crippen LogP contribution in [-0.2, 0) is 4.74 Å². The van der Waals surface area contributed by atoms with Gasteiger partial charge in [0.15, 0.2) is 6.29 Å². The van der Waals surface area contributed by atoms with Crippen LogP contribution in [-0.4, -0.2) is 51.1 Å². The minimum Gasteiger partial charge on any atom is -0.388 e. The largest absolute Gasteiger partial charge is 0.388 e. The van der Waals surface area contributed by atoms with Crippen LogP contribution in [0.3, 0.4) is 0 Å². The summed E-state index contributed by atoms with van der Waals surface area (Å²) in [5, 5.41) is 36.5. The Morgan fingerprint density at radius 2 is 1.25 bits per heavy atom. The average molecular weight is 1090 g/mol. The molecule has 1 aliphatic heterocycles. The number of hydrogen-bond acceptors (Lipinski definition) is 5. The first-order chi connectivity index (χ1) is 5.57. The molecule has 0 aliphatic carbocycles. The Balaban J connectivity index is -0.000000180. The van der Waals surface area contributed by atoms with Gasteiger partial charge in [0.2, 0.25) is 0 Å². The van der Waals surface area contributed by atoms with E-state index in [-0.39, 0.29) is 176 Å². The van der Waals surface area contributed by atoms with E-state index in [1.807, 2.05) is 0 Å². The summed E-state index contributed by atoms with van der Waals surface area (Å²) in [5.41, 5.74) is 0. The van der Waals surface area contributed by atoms with E-state index < -0.39 is 30.7 Å². The number of hydrogen-bond donors (Lipinski definition) is 4. The molecule has 1 heterocycles. The van der Waals surface area contributed by atoms with E-state index in [9.17, 15) is 10.2 Å². The molecule has 0 saturated carbocycles. The van der Waals surface area contributed by atoms with Gasteiger partial charge in [-0.25, -0.2) is 0 Å². The zero-order chi connectivity index (χ0) is 9.30. The summed E-state index contributed by atoms with van der Waals surface area (Å²) in [4.78, 5) is 0. The van der Waals surface area contributed by atoms with Crippen LogP contribution in [0, 0.1) is 176 Å². The number of aliphatic hydroxyl groups is 4. The summed E-state index contributed by atoms with van der Waals surface area (Å²) in [6.45, 7) is 1.75. The molecule has 84 valence electrons. The molecule has 0 spiro atoms. The second-order valence-electron chi connectivity index (χ2n) is 2.95. The van der Waals surface area contributed by atoms with E-state index in [2.05, 4.69) is 0 Å². The van der Waals surface area contributed by atoms with Crippen LogP contribution in [0.4, 0.5) is 0 Å². The standard InChI is InChI=1S/C7H14O5.4Ac/c1-2-3-4(8)5(9)6(10)7(11)12-3;;;;/h3-11H,2H2,1H3;;;;/t3-,4-,5+,6-,7?;;;;/m1..../s1. The minimum atomic E-state index is -1.43. The van der Waals surface area contributed by atoms with Crippen LogP contribution in [0.2, 0.25) is 0 Å². The maximum atomic E-state index is 9.28. The van der Waals surface area contributed by atoms with Crippen molar-refractivity contribution in [3.8, 4) is 0 Å². The summed E-state index contributed by atoms with van der Waals surface area (Å²) in [5.74, 6) is 0. The third kappa shape index (κ3) is 8.88. The fourth-order valence-corrected chi connectivity index (χ4v) is 1.27. The van der Waals surface area contributed by atoms with Crippen molar-refractivity contribution in [1.29, 1.82) is 0 Å². The maximum Gasteiger partial charge on any atom is 0.183 e. The second kappa shape index (κ2) is 15.5. The first-order valence-corrected chi connectivity index (χ1v) is 3.95. The van der Waals surface area contributed by atoms with Crippen LogP contribution in [0.25, 0.3) is 0 Å². The van der Waals surface area contributed by atoms with Crippen molar-refractivity contribution in [2.24, 2.45) is 0 Å². The van der Waals surface area contributed by atoms with Gasteiger partial charge >= 0.3 is 0 Å². The minimum absolute atomic E-state index is 0. The van der Waals surface area contributed by atoms with Crippen molar-refractivity contribution in [1.82, 2.24) is 0 Å². The third-order valence-electron chi connectivity index (χ3n) is 2.09. The van der Waals surface area contributed by atoms with Crippen molar-refractivity contribution in [3.05, 3.63) is 0 Å². The molecule has 4 N–H and O–H groups in total. The van der Waals surface area contributed by atoms with Crippen molar-refractivity contribution >= 4 is 0 Å². The van der Waals surface area contributed by atoms with Gasteiger partial charge in [0.1, 0.15) is 18.3 Å². The zero-order valence-electron chi connectivity index (χ0n) is 9.10. The number of rotatable bonds is 1. The van der Waals surface area contributed by atoms with E-state index in [0.717, 1.165) is 0 Å². The fourth-order valence-electron chi connectivity index (χ4n) is 1.27. The van der Waals surface area contributed by atoms with Crippen molar-refractivity contribution in [2.45, 2.75) is 44.1 Å². The van der Waals surface area contributed by atoms with Gasteiger partial charge in [0, 0.05) is 176 Å². The molecule has 1 fully saturated rings. The SMILES string of the molecule is CC[C@H]1OC(O)[C@H](O)[C@@H](O)[C@@H]1O.[Ac].[Ac].[Ac].[Ac]. The molecule has 1 rings (SSSR count). The summed E-state index contributed by atoms with van der Waals surface area (Å²) in [6, 6.07) is 0. The Labute approximate surface area is 238 Å². The van der Waals surface area contributed by atoms with E-state index in [1.54, 1.807) is 6.92 Å². The van der Waals surface area contributed by atoms with Crippen molar-refractivity contribution in [3.63, 3.8) is 0 Å². The molecule has 5 atom stereocenters. The molecular weight excluding hydrogens is 1070 g/mol. The summed E-state index contributed by atoms with van der Waals surface area (Å²) < 4.78 is 4.83. The molecule has 0 bridgehead atoms. The van der Waals surface area contributed by atoms with Crippen molar-refractivity contribution in [2.75, 3.05) is 0 Å². The van der Waals surface area contributed by atoms with Crippen LogP contribution in [0.5, 0.6) is 0 Å². The van der Waals surface area contributed by atoms with Gasteiger partial charge in [-0.3, -0.25) is 0 Å². The molecule has 9 heteroatoms. The Morgan fingerprint density at radius 3 is 1.62 bits per heavy atom. The first kappa shape index (κ1) is 29.6. The molecule has 1 unspecified atom stereocenters. The Kier molecular flexibility index (Phi) is 28.6. The molecule has 0 aromatic heterocycles. The smallest absolute Gasteiger partial charge is 0.183 e. The monoisotopic (exact) mass is 1090 g/mol. The summed E-state index contributed by atoms with van der Waals surface area (Å²) in [6.07, 6.45) is -5.44. The molecule has 0 aromatic carbocycles. The van der Waals surface area contributed by atoms with Gasteiger partial charge in [-0.05, 0) is 6.42 Å². The quantitative estimate of drug-likeness (QED) is 0.250. The molecule has 0 aromatic rings. The Hall–Kier alpha value is 5.57. The normalized spacial score (nSPS) is 36.9. The Bertz CT molecular complexity index is 159. The number of ether oxygens (including phenoxy) is 1. The number of aliphatic hydroxyl groups excluding tert-OH is 4. The summed E-state index contributed by atoms with van der Waals surface area (Å²) >= 11 is 0. The third-order valence-corrected chi connectivity index (χ3v) is 2.09. The average Bonchev–Trinajstić information content (AvgIpc) is 2.08. The molecular formula is C7H14Ac4O5. The van der Waals surface area contributed by atoms with Crippen LogP contribution >= 0.6 is 0 Å². The van der Waals surface area contributed by atoms with Crippen molar-refractivity contribution < 1.29 is 201 Å². The van der Waals surface area contributed by atoms with Gasteiger partial charge in [0.25, 0.3) is 0 Å². The Morgan fingerprint density at radius 1 is 0.812 bits per heavy atom. The van der Waals surface area contributed by atoms with Gasteiger partial charge in [-0.1, -0.05) is 6.92 Å². The molecule has 0 amide bonds. The maximum absolute atomic E-state index is 9.28. The molecule has 4 radical (unpaired) electrons. The van der Waals surface area contributed by atoms with E-state index in [4.69, 9.17) is 14.9 Å². The second-order valence-corrected chi connectivity index (χ2v) is 2.95. The van der Waals surface area contributed by atoms with Gasteiger partial charge in [0.05, 0.1) is 6.10 Å². The van der Waals surface area contributed by atoms with Gasteiger partial charge < -0.3 is 25.2 Å². The van der Waals surface area contributed by atoms with Gasteiger partial charge in [-0.2, -0.15) is 0 Å². The predicted octanol–water partition coefficient (Wildman–Crippen LogP) is -1.80. The topological polar surface area (TPSA) is 90.2 Å². The van der Waals surface area contributed by atoms with E-state index >= 15 is 0 Å². The predicted molar refractivity (Wildman–Crippen MR) is 39.2 cm³/mol. The molecule has 1 aliphatic rings. The van der Waals surface area contributed by atoms with Crippen LogP contribution in [0.15, 0.2) is 0 Å². The van der Waals surface area contributed by atoms with Gasteiger partial charge in [-0.15, -0.1) is 0 Å². The van der Waals surface area contributed by atoms with E-state index in [1.165, 1.54) is 0 Å². The molecule has 5 nitrogen and oxygen atoms in total. The first-order valence-electron chi connectivity index (χ1n) is 3.95.